The summed E-state index contributed by atoms with van der Waals surface area (Å²) < 4.78 is 28.0. The first-order chi connectivity index (χ1) is 8.67. The summed E-state index contributed by atoms with van der Waals surface area (Å²) in [7, 11) is 1.88. The summed E-state index contributed by atoms with van der Waals surface area (Å²) in [4.78, 5) is 0. The molecule has 0 aromatic rings. The highest BCUT2D eigenvalue weighted by molar-refractivity contribution is 8.13. The molecule has 0 rings (SSSR count). The van der Waals surface area contributed by atoms with Crippen molar-refractivity contribution in [1.82, 2.24) is 0 Å². The standard InChI is InChI=1S/C14H29ClO3S/c1-5-6-7-8-9-10-18-11-13(14(2,3)4)12-19(15,16)17/h13H,5-12H2,1-4H3. The van der Waals surface area contributed by atoms with Gasteiger partial charge in [0.15, 0.2) is 0 Å². The molecule has 1 atom stereocenters. The summed E-state index contributed by atoms with van der Waals surface area (Å²) in [6, 6.07) is 0. The van der Waals surface area contributed by atoms with Gasteiger partial charge < -0.3 is 4.74 Å². The summed E-state index contributed by atoms with van der Waals surface area (Å²) >= 11 is 0. The van der Waals surface area contributed by atoms with Crippen LogP contribution in [0.3, 0.4) is 0 Å². The minimum atomic E-state index is -3.47. The zero-order chi connectivity index (χ0) is 14.9. The maximum Gasteiger partial charge on any atom is 0.232 e. The predicted molar refractivity (Wildman–Crippen MR) is 82.2 cm³/mol. The monoisotopic (exact) mass is 312 g/mol. The summed E-state index contributed by atoms with van der Waals surface area (Å²) in [5.74, 6) is -0.0842. The second-order valence-corrected chi connectivity index (χ2v) is 9.08. The molecule has 0 aromatic heterocycles. The maximum absolute atomic E-state index is 11.2. The lowest BCUT2D eigenvalue weighted by molar-refractivity contribution is 0.0632. The van der Waals surface area contributed by atoms with Crippen molar-refractivity contribution in [2.45, 2.75) is 59.8 Å². The van der Waals surface area contributed by atoms with Crippen molar-refractivity contribution in [3.05, 3.63) is 0 Å². The van der Waals surface area contributed by atoms with Gasteiger partial charge in [-0.2, -0.15) is 0 Å². The van der Waals surface area contributed by atoms with Gasteiger partial charge in [-0.25, -0.2) is 8.42 Å². The molecule has 0 aliphatic heterocycles. The molecule has 0 aliphatic rings. The Labute approximate surface area is 123 Å². The van der Waals surface area contributed by atoms with E-state index in [9.17, 15) is 8.42 Å². The first-order valence-corrected chi connectivity index (χ1v) is 9.64. The van der Waals surface area contributed by atoms with Crippen molar-refractivity contribution in [2.24, 2.45) is 11.3 Å². The van der Waals surface area contributed by atoms with Crippen LogP contribution in [0.1, 0.15) is 59.8 Å². The Morgan fingerprint density at radius 2 is 1.68 bits per heavy atom. The molecule has 0 saturated heterocycles. The van der Waals surface area contributed by atoms with Crippen LogP contribution in [0.4, 0.5) is 0 Å². The molecule has 0 aromatic carbocycles. The third-order valence-corrected chi connectivity index (χ3v) is 4.51. The van der Waals surface area contributed by atoms with Crippen molar-refractivity contribution >= 4 is 19.7 Å². The van der Waals surface area contributed by atoms with Gasteiger partial charge in [-0.05, 0) is 11.8 Å². The average Bonchev–Trinajstić information content (AvgIpc) is 2.23. The molecule has 0 fully saturated rings. The molecule has 0 bridgehead atoms. The number of unbranched alkanes of at least 4 members (excludes halogenated alkanes) is 4. The van der Waals surface area contributed by atoms with Gasteiger partial charge in [0.25, 0.3) is 0 Å². The molecule has 0 amide bonds. The van der Waals surface area contributed by atoms with Crippen molar-refractivity contribution in [1.29, 1.82) is 0 Å². The Balaban J connectivity index is 3.95. The second-order valence-electron chi connectivity index (χ2n) is 6.26. The lowest BCUT2D eigenvalue weighted by Gasteiger charge is -2.29. The number of hydrogen-bond donors (Lipinski definition) is 0. The topological polar surface area (TPSA) is 43.4 Å². The molecule has 0 heterocycles. The highest BCUT2D eigenvalue weighted by atomic mass is 35.7. The molecule has 19 heavy (non-hydrogen) atoms. The van der Waals surface area contributed by atoms with Crippen LogP contribution in [0, 0.1) is 11.3 Å². The Kier molecular flexibility index (Phi) is 9.29. The van der Waals surface area contributed by atoms with Gasteiger partial charge in [0.05, 0.1) is 12.4 Å². The first-order valence-electron chi connectivity index (χ1n) is 7.17. The smallest absolute Gasteiger partial charge is 0.232 e. The van der Waals surface area contributed by atoms with E-state index >= 15 is 0 Å². The second kappa shape index (κ2) is 9.19. The number of rotatable bonds is 10. The summed E-state index contributed by atoms with van der Waals surface area (Å²) in [5.41, 5.74) is -0.121. The molecule has 0 saturated carbocycles. The zero-order valence-electron chi connectivity index (χ0n) is 12.7. The average molecular weight is 313 g/mol. The van der Waals surface area contributed by atoms with Crippen LogP contribution < -0.4 is 0 Å². The molecular weight excluding hydrogens is 284 g/mol. The molecule has 0 spiro atoms. The third-order valence-electron chi connectivity index (χ3n) is 3.34. The molecule has 0 radical (unpaired) electrons. The maximum atomic E-state index is 11.2. The van der Waals surface area contributed by atoms with Gasteiger partial charge in [-0.1, -0.05) is 53.4 Å². The van der Waals surface area contributed by atoms with Gasteiger partial charge in [0, 0.05) is 23.2 Å². The normalized spacial score (nSPS) is 14.6. The summed E-state index contributed by atoms with van der Waals surface area (Å²) in [6.45, 7) is 9.41. The van der Waals surface area contributed by atoms with Gasteiger partial charge in [0.2, 0.25) is 9.05 Å². The lowest BCUT2D eigenvalue weighted by Crippen LogP contribution is -2.30. The minimum absolute atomic E-state index is 0.0200. The summed E-state index contributed by atoms with van der Waals surface area (Å²) in [6.07, 6.45) is 5.99. The van der Waals surface area contributed by atoms with Crippen molar-refractivity contribution < 1.29 is 13.2 Å². The summed E-state index contributed by atoms with van der Waals surface area (Å²) in [5, 5.41) is 0. The fourth-order valence-corrected chi connectivity index (χ4v) is 3.35. The van der Waals surface area contributed by atoms with Gasteiger partial charge in [0.1, 0.15) is 0 Å². The van der Waals surface area contributed by atoms with E-state index in [1.165, 1.54) is 25.7 Å². The Bertz CT molecular complexity index is 320. The van der Waals surface area contributed by atoms with E-state index in [0.717, 1.165) is 6.42 Å². The quantitative estimate of drug-likeness (QED) is 0.448. The Hall–Kier alpha value is 0.200. The van der Waals surface area contributed by atoms with Crippen LogP contribution in [0.2, 0.25) is 0 Å². The van der Waals surface area contributed by atoms with Gasteiger partial charge >= 0.3 is 0 Å². The molecule has 0 N–H and O–H groups in total. The molecule has 5 heteroatoms. The van der Waals surface area contributed by atoms with Crippen molar-refractivity contribution in [2.75, 3.05) is 19.0 Å². The molecule has 116 valence electrons. The molecule has 3 nitrogen and oxygen atoms in total. The van der Waals surface area contributed by atoms with E-state index in [1.807, 2.05) is 20.8 Å². The number of hydrogen-bond acceptors (Lipinski definition) is 3. The van der Waals surface area contributed by atoms with Crippen LogP contribution in [-0.4, -0.2) is 27.4 Å². The molecular formula is C14H29ClO3S. The van der Waals surface area contributed by atoms with Crippen LogP contribution >= 0.6 is 10.7 Å². The predicted octanol–water partition coefficient (Wildman–Crippen LogP) is 4.20. The third kappa shape index (κ3) is 11.7. The van der Waals surface area contributed by atoms with E-state index in [2.05, 4.69) is 6.92 Å². The van der Waals surface area contributed by atoms with Gasteiger partial charge in [-0.3, -0.25) is 0 Å². The largest absolute Gasteiger partial charge is 0.381 e. The van der Waals surface area contributed by atoms with Crippen LogP contribution in [0.25, 0.3) is 0 Å². The van der Waals surface area contributed by atoms with E-state index in [1.54, 1.807) is 0 Å². The van der Waals surface area contributed by atoms with Crippen molar-refractivity contribution in [3.63, 3.8) is 0 Å². The first kappa shape index (κ1) is 19.2. The number of halogens is 1. The molecule has 1 unspecified atom stereocenters. The van der Waals surface area contributed by atoms with E-state index in [0.29, 0.717) is 13.2 Å². The highest BCUT2D eigenvalue weighted by Gasteiger charge is 2.29. The zero-order valence-corrected chi connectivity index (χ0v) is 14.3. The van der Waals surface area contributed by atoms with Crippen LogP contribution in [0.15, 0.2) is 0 Å². The van der Waals surface area contributed by atoms with E-state index in [-0.39, 0.29) is 17.1 Å². The van der Waals surface area contributed by atoms with Crippen molar-refractivity contribution in [3.8, 4) is 0 Å². The van der Waals surface area contributed by atoms with E-state index in [4.69, 9.17) is 15.4 Å². The Morgan fingerprint density at radius 1 is 1.11 bits per heavy atom. The minimum Gasteiger partial charge on any atom is -0.381 e. The molecule has 0 aliphatic carbocycles. The lowest BCUT2D eigenvalue weighted by atomic mass is 9.82. The fraction of sp³-hybridized carbons (Fsp3) is 1.00. The van der Waals surface area contributed by atoms with Crippen LogP contribution in [-0.2, 0) is 13.8 Å². The van der Waals surface area contributed by atoms with E-state index < -0.39 is 9.05 Å². The SMILES string of the molecule is CCCCCCCOCC(CS(=O)(=O)Cl)C(C)(C)C. The number of ether oxygens (including phenoxy) is 1. The fourth-order valence-electron chi connectivity index (χ4n) is 1.82. The van der Waals surface area contributed by atoms with Gasteiger partial charge in [-0.15, -0.1) is 0 Å². The highest BCUT2D eigenvalue weighted by Crippen LogP contribution is 2.28. The van der Waals surface area contributed by atoms with Crippen LogP contribution in [0.5, 0.6) is 0 Å². The Morgan fingerprint density at radius 3 is 2.16 bits per heavy atom.